The Morgan fingerprint density at radius 2 is 2.17 bits per heavy atom. The van der Waals surface area contributed by atoms with Gasteiger partial charge in [-0.15, -0.1) is 11.8 Å². The van der Waals surface area contributed by atoms with E-state index in [-0.39, 0.29) is 5.69 Å². The van der Waals surface area contributed by atoms with Crippen molar-refractivity contribution in [2.24, 2.45) is 0 Å². The second-order valence-electron chi connectivity index (χ2n) is 3.46. The number of aromatic nitrogens is 2. The molecule has 0 bridgehead atoms. The van der Waals surface area contributed by atoms with Crippen molar-refractivity contribution in [1.82, 2.24) is 9.97 Å². The molecule has 0 radical (unpaired) electrons. The van der Waals surface area contributed by atoms with Crippen molar-refractivity contribution in [2.45, 2.75) is 10.8 Å². The molecule has 2 aromatic rings. The van der Waals surface area contributed by atoms with Gasteiger partial charge in [-0.05, 0) is 45.8 Å². The first-order valence-electron chi connectivity index (χ1n) is 5.08. The average Bonchev–Trinajstić information content (AvgIpc) is 2.38. The summed E-state index contributed by atoms with van der Waals surface area (Å²) in [4.78, 5) is 18.8. The molecular formula is C12H9BrN2O2S. The van der Waals surface area contributed by atoms with E-state index in [1.165, 1.54) is 6.20 Å². The van der Waals surface area contributed by atoms with Crippen LogP contribution in [0, 0.1) is 0 Å². The van der Waals surface area contributed by atoms with E-state index in [2.05, 4.69) is 25.9 Å². The number of carboxylic acid groups (broad SMARTS) is 1. The lowest BCUT2D eigenvalue weighted by molar-refractivity contribution is 0.0690. The second kappa shape index (κ2) is 5.97. The number of thioether (sulfide) groups is 1. The number of pyridine rings is 2. The molecule has 4 nitrogen and oxygen atoms in total. The molecule has 6 heteroatoms. The monoisotopic (exact) mass is 324 g/mol. The van der Waals surface area contributed by atoms with Gasteiger partial charge in [0.25, 0.3) is 0 Å². The molecule has 0 fully saturated rings. The van der Waals surface area contributed by atoms with Gasteiger partial charge >= 0.3 is 5.97 Å². The zero-order chi connectivity index (χ0) is 13.0. The lowest BCUT2D eigenvalue weighted by atomic mass is 10.2. The lowest BCUT2D eigenvalue weighted by Gasteiger charge is -2.02. The van der Waals surface area contributed by atoms with Gasteiger partial charge in [-0.1, -0.05) is 0 Å². The third-order valence-electron chi connectivity index (χ3n) is 2.13. The molecule has 0 aliphatic heterocycles. The SMILES string of the molecule is O=C(O)c1cc(CSc2ccc(Br)cn2)ccn1. The third kappa shape index (κ3) is 3.54. The van der Waals surface area contributed by atoms with Gasteiger partial charge in [-0.2, -0.15) is 0 Å². The summed E-state index contributed by atoms with van der Waals surface area (Å²) in [7, 11) is 0. The van der Waals surface area contributed by atoms with E-state index >= 15 is 0 Å². The van der Waals surface area contributed by atoms with Gasteiger partial charge in [0, 0.05) is 22.6 Å². The molecule has 0 aliphatic carbocycles. The Hall–Kier alpha value is -1.40. The van der Waals surface area contributed by atoms with Crippen LogP contribution in [0.25, 0.3) is 0 Å². The Morgan fingerprint density at radius 1 is 1.33 bits per heavy atom. The molecule has 0 unspecified atom stereocenters. The van der Waals surface area contributed by atoms with E-state index < -0.39 is 5.97 Å². The van der Waals surface area contributed by atoms with Crippen molar-refractivity contribution in [3.05, 3.63) is 52.4 Å². The molecule has 0 saturated carbocycles. The van der Waals surface area contributed by atoms with Gasteiger partial charge < -0.3 is 5.11 Å². The zero-order valence-electron chi connectivity index (χ0n) is 9.21. The van der Waals surface area contributed by atoms with E-state index in [0.717, 1.165) is 15.1 Å². The van der Waals surface area contributed by atoms with Crippen LogP contribution >= 0.6 is 27.7 Å². The van der Waals surface area contributed by atoms with Gasteiger partial charge in [-0.3, -0.25) is 0 Å². The number of carboxylic acids is 1. The van der Waals surface area contributed by atoms with Crippen molar-refractivity contribution in [3.63, 3.8) is 0 Å². The number of aromatic carboxylic acids is 1. The molecule has 0 amide bonds. The van der Waals surface area contributed by atoms with Crippen molar-refractivity contribution in [3.8, 4) is 0 Å². The number of carbonyl (C=O) groups is 1. The van der Waals surface area contributed by atoms with Crippen LogP contribution in [0.2, 0.25) is 0 Å². The van der Waals surface area contributed by atoms with E-state index in [9.17, 15) is 4.79 Å². The van der Waals surface area contributed by atoms with E-state index in [1.807, 2.05) is 12.1 Å². The Morgan fingerprint density at radius 3 is 2.83 bits per heavy atom. The first-order valence-corrected chi connectivity index (χ1v) is 6.85. The standard InChI is InChI=1S/C12H9BrN2O2S/c13-9-1-2-11(15-6-9)18-7-8-3-4-14-10(5-8)12(16)17/h1-6H,7H2,(H,16,17). The fraction of sp³-hybridized carbons (Fsp3) is 0.0833. The molecule has 0 atom stereocenters. The summed E-state index contributed by atoms with van der Waals surface area (Å²) in [6.07, 6.45) is 3.24. The molecule has 2 rings (SSSR count). The predicted octanol–water partition coefficient (Wildman–Crippen LogP) is 3.23. The van der Waals surface area contributed by atoms with Crippen LogP contribution < -0.4 is 0 Å². The van der Waals surface area contributed by atoms with Gasteiger partial charge in [0.15, 0.2) is 0 Å². The molecule has 2 heterocycles. The minimum absolute atomic E-state index is 0.0665. The highest BCUT2D eigenvalue weighted by Crippen LogP contribution is 2.22. The first-order chi connectivity index (χ1) is 8.65. The third-order valence-corrected chi connectivity index (χ3v) is 3.61. The van der Waals surface area contributed by atoms with E-state index in [4.69, 9.17) is 5.11 Å². The fourth-order valence-electron chi connectivity index (χ4n) is 1.29. The van der Waals surface area contributed by atoms with Crippen LogP contribution in [0.5, 0.6) is 0 Å². The van der Waals surface area contributed by atoms with Crippen LogP contribution in [0.1, 0.15) is 16.1 Å². The summed E-state index contributed by atoms with van der Waals surface area (Å²) in [6, 6.07) is 7.21. The predicted molar refractivity (Wildman–Crippen MR) is 72.7 cm³/mol. The molecule has 18 heavy (non-hydrogen) atoms. The minimum atomic E-state index is -1.01. The molecular weight excluding hydrogens is 316 g/mol. The molecule has 0 spiro atoms. The van der Waals surface area contributed by atoms with Gasteiger partial charge in [0.1, 0.15) is 5.69 Å². The Kier molecular flexibility index (Phi) is 4.33. The summed E-state index contributed by atoms with van der Waals surface area (Å²) in [6.45, 7) is 0. The summed E-state index contributed by atoms with van der Waals surface area (Å²) in [5, 5.41) is 9.73. The maximum atomic E-state index is 10.8. The molecule has 2 aromatic heterocycles. The van der Waals surface area contributed by atoms with Crippen LogP contribution in [-0.4, -0.2) is 21.0 Å². The highest BCUT2D eigenvalue weighted by atomic mass is 79.9. The molecule has 0 aromatic carbocycles. The molecule has 1 N–H and O–H groups in total. The zero-order valence-corrected chi connectivity index (χ0v) is 11.6. The topological polar surface area (TPSA) is 63.1 Å². The van der Waals surface area contributed by atoms with E-state index in [1.54, 1.807) is 30.1 Å². The van der Waals surface area contributed by atoms with Gasteiger partial charge in [-0.25, -0.2) is 14.8 Å². The van der Waals surface area contributed by atoms with Crippen molar-refractivity contribution in [2.75, 3.05) is 0 Å². The molecule has 0 aliphatic rings. The van der Waals surface area contributed by atoms with E-state index in [0.29, 0.717) is 5.75 Å². The van der Waals surface area contributed by atoms with Gasteiger partial charge in [0.05, 0.1) is 5.03 Å². The molecule has 92 valence electrons. The van der Waals surface area contributed by atoms with Crippen molar-refractivity contribution >= 4 is 33.7 Å². The van der Waals surface area contributed by atoms with Crippen LogP contribution in [-0.2, 0) is 5.75 Å². The maximum absolute atomic E-state index is 10.8. The normalized spacial score (nSPS) is 10.3. The van der Waals surface area contributed by atoms with Crippen molar-refractivity contribution in [1.29, 1.82) is 0 Å². The Bertz CT molecular complexity index is 560. The second-order valence-corrected chi connectivity index (χ2v) is 5.37. The minimum Gasteiger partial charge on any atom is -0.477 e. The van der Waals surface area contributed by atoms with Crippen LogP contribution in [0.3, 0.4) is 0 Å². The van der Waals surface area contributed by atoms with Crippen LogP contribution in [0.15, 0.2) is 46.2 Å². The summed E-state index contributed by atoms with van der Waals surface area (Å²) >= 11 is 4.87. The Labute approximate surface area is 117 Å². The number of nitrogens with zero attached hydrogens (tertiary/aromatic N) is 2. The van der Waals surface area contributed by atoms with Gasteiger partial charge in [0.2, 0.25) is 0 Å². The number of rotatable bonds is 4. The highest BCUT2D eigenvalue weighted by molar-refractivity contribution is 9.10. The summed E-state index contributed by atoms with van der Waals surface area (Å²) in [5.41, 5.74) is 0.981. The molecule has 0 saturated heterocycles. The average molecular weight is 325 g/mol. The Balaban J connectivity index is 2.04. The maximum Gasteiger partial charge on any atom is 0.354 e. The smallest absolute Gasteiger partial charge is 0.354 e. The lowest BCUT2D eigenvalue weighted by Crippen LogP contribution is -2.00. The fourth-order valence-corrected chi connectivity index (χ4v) is 2.31. The highest BCUT2D eigenvalue weighted by Gasteiger charge is 2.05. The summed E-state index contributed by atoms with van der Waals surface area (Å²) in [5.74, 6) is -0.346. The number of hydrogen-bond acceptors (Lipinski definition) is 4. The van der Waals surface area contributed by atoms with Crippen LogP contribution in [0.4, 0.5) is 0 Å². The van der Waals surface area contributed by atoms with Crippen molar-refractivity contribution < 1.29 is 9.90 Å². The first kappa shape index (κ1) is 13.0. The quantitative estimate of drug-likeness (QED) is 0.875. The number of hydrogen-bond donors (Lipinski definition) is 1. The number of halogens is 1. The summed E-state index contributed by atoms with van der Waals surface area (Å²) < 4.78 is 0.934. The largest absolute Gasteiger partial charge is 0.477 e.